The minimum absolute atomic E-state index is 0.0122. The first kappa shape index (κ1) is 18.8. The van der Waals surface area contributed by atoms with E-state index in [0.29, 0.717) is 30.9 Å². The van der Waals surface area contributed by atoms with Gasteiger partial charge in [-0.2, -0.15) is 0 Å². The Morgan fingerprint density at radius 2 is 2.07 bits per heavy atom. The van der Waals surface area contributed by atoms with Crippen LogP contribution in [0.25, 0.3) is 0 Å². The van der Waals surface area contributed by atoms with Crippen LogP contribution in [-0.2, 0) is 11.3 Å². The van der Waals surface area contributed by atoms with Gasteiger partial charge in [0, 0.05) is 38.9 Å². The Bertz CT molecular complexity index is 804. The summed E-state index contributed by atoms with van der Waals surface area (Å²) < 4.78 is 5.52. The molecule has 0 aromatic heterocycles. The zero-order valence-corrected chi connectivity index (χ0v) is 15.3. The summed E-state index contributed by atoms with van der Waals surface area (Å²) in [5, 5.41) is 14.0. The highest BCUT2D eigenvalue weighted by Crippen LogP contribution is 2.26. The van der Waals surface area contributed by atoms with E-state index in [1.807, 2.05) is 42.3 Å². The van der Waals surface area contributed by atoms with Crippen LogP contribution in [0.4, 0.5) is 11.4 Å². The number of non-ortho nitro benzene ring substituents is 1. The molecule has 0 bridgehead atoms. The van der Waals surface area contributed by atoms with Crippen molar-refractivity contribution in [3.8, 4) is 0 Å². The molecule has 0 radical (unpaired) electrons. The highest BCUT2D eigenvalue weighted by molar-refractivity contribution is 6.00. The summed E-state index contributed by atoms with van der Waals surface area (Å²) in [4.78, 5) is 25.3. The van der Waals surface area contributed by atoms with E-state index in [4.69, 9.17) is 4.74 Å². The maximum atomic E-state index is 12.7. The second-order valence-corrected chi connectivity index (χ2v) is 6.65. The summed E-state index contributed by atoms with van der Waals surface area (Å²) in [6, 6.07) is 14.2. The van der Waals surface area contributed by atoms with Crippen LogP contribution in [0.15, 0.2) is 48.5 Å². The quantitative estimate of drug-likeness (QED) is 0.599. The highest BCUT2D eigenvalue weighted by Gasteiger charge is 2.21. The maximum Gasteiger partial charge on any atom is 0.270 e. The van der Waals surface area contributed by atoms with E-state index in [1.165, 1.54) is 12.1 Å². The fourth-order valence-corrected chi connectivity index (χ4v) is 3.20. The van der Waals surface area contributed by atoms with Gasteiger partial charge < -0.3 is 15.0 Å². The number of hydrogen-bond acceptors (Lipinski definition) is 5. The van der Waals surface area contributed by atoms with Crippen molar-refractivity contribution in [1.82, 2.24) is 5.32 Å². The number of nitrogens with zero attached hydrogens (tertiary/aromatic N) is 2. The molecule has 1 unspecified atom stereocenters. The summed E-state index contributed by atoms with van der Waals surface area (Å²) in [6.07, 6.45) is 1.91. The maximum absolute atomic E-state index is 12.7. The first-order chi connectivity index (χ1) is 13.0. The molecular formula is C20H23N3O4. The van der Waals surface area contributed by atoms with Gasteiger partial charge in [0.25, 0.3) is 11.6 Å². The van der Waals surface area contributed by atoms with Crippen molar-refractivity contribution < 1.29 is 14.5 Å². The second-order valence-electron chi connectivity index (χ2n) is 6.65. The number of amides is 1. The minimum Gasteiger partial charge on any atom is -0.376 e. The first-order valence-corrected chi connectivity index (χ1v) is 8.98. The fourth-order valence-electron chi connectivity index (χ4n) is 3.20. The van der Waals surface area contributed by atoms with Gasteiger partial charge in [-0.15, -0.1) is 0 Å². The van der Waals surface area contributed by atoms with Gasteiger partial charge in [-0.05, 0) is 24.5 Å². The van der Waals surface area contributed by atoms with Crippen LogP contribution in [0.3, 0.4) is 0 Å². The summed E-state index contributed by atoms with van der Waals surface area (Å²) >= 11 is 0. The second kappa shape index (κ2) is 8.64. The average Bonchev–Trinajstić information content (AvgIpc) is 3.20. The van der Waals surface area contributed by atoms with Crippen LogP contribution in [0, 0.1) is 10.1 Å². The lowest BCUT2D eigenvalue weighted by atomic mass is 10.1. The van der Waals surface area contributed by atoms with E-state index in [2.05, 4.69) is 5.32 Å². The number of carbonyl (C=O) groups is 1. The van der Waals surface area contributed by atoms with E-state index >= 15 is 0 Å². The van der Waals surface area contributed by atoms with E-state index in [1.54, 1.807) is 6.07 Å². The number of carbonyl (C=O) groups excluding carboxylic acids is 1. The lowest BCUT2D eigenvalue weighted by molar-refractivity contribution is -0.384. The zero-order chi connectivity index (χ0) is 19.2. The van der Waals surface area contributed by atoms with Gasteiger partial charge in [0.2, 0.25) is 0 Å². The van der Waals surface area contributed by atoms with Crippen LogP contribution >= 0.6 is 0 Å². The molecule has 1 amide bonds. The number of anilines is 1. The number of benzene rings is 2. The summed E-state index contributed by atoms with van der Waals surface area (Å²) in [5.74, 6) is -0.330. The number of nitro benzene ring substituents is 1. The van der Waals surface area contributed by atoms with Crippen LogP contribution < -0.4 is 10.2 Å². The smallest absolute Gasteiger partial charge is 0.270 e. The summed E-state index contributed by atoms with van der Waals surface area (Å²) in [5.41, 5.74) is 1.92. The number of nitrogens with one attached hydrogen (secondary N) is 1. The lowest BCUT2D eigenvalue weighted by Gasteiger charge is -2.22. The SMILES string of the molecule is CN(Cc1ccccc1)c1ccc([N+](=O)[O-])cc1C(=O)NCC1CCCO1. The van der Waals surface area contributed by atoms with Crippen molar-refractivity contribution in [2.45, 2.75) is 25.5 Å². The Morgan fingerprint density at radius 3 is 2.74 bits per heavy atom. The zero-order valence-electron chi connectivity index (χ0n) is 15.3. The molecule has 1 heterocycles. The van der Waals surface area contributed by atoms with Gasteiger partial charge in [0.15, 0.2) is 0 Å². The minimum atomic E-state index is -0.488. The Labute approximate surface area is 158 Å². The number of rotatable bonds is 7. The molecule has 0 saturated carbocycles. The van der Waals surface area contributed by atoms with Gasteiger partial charge in [-0.1, -0.05) is 30.3 Å². The third-order valence-corrected chi connectivity index (χ3v) is 4.62. The first-order valence-electron chi connectivity index (χ1n) is 8.98. The Kier molecular flexibility index (Phi) is 6.03. The van der Waals surface area contributed by atoms with Gasteiger partial charge >= 0.3 is 0 Å². The van der Waals surface area contributed by atoms with Gasteiger partial charge in [0.05, 0.1) is 22.3 Å². The Hall–Kier alpha value is -2.93. The normalized spacial score (nSPS) is 16.1. The monoisotopic (exact) mass is 369 g/mol. The molecule has 1 atom stereocenters. The third-order valence-electron chi connectivity index (χ3n) is 4.62. The lowest BCUT2D eigenvalue weighted by Crippen LogP contribution is -2.33. The van der Waals surface area contributed by atoms with Gasteiger partial charge in [-0.3, -0.25) is 14.9 Å². The molecule has 142 valence electrons. The fraction of sp³-hybridized carbons (Fsp3) is 0.350. The number of ether oxygens (including phenoxy) is 1. The molecule has 1 saturated heterocycles. The molecule has 7 heteroatoms. The molecule has 1 N–H and O–H groups in total. The van der Waals surface area contributed by atoms with Gasteiger partial charge in [0.1, 0.15) is 0 Å². The van der Waals surface area contributed by atoms with Crippen molar-refractivity contribution in [1.29, 1.82) is 0 Å². The van der Waals surface area contributed by atoms with Crippen LogP contribution in [0.1, 0.15) is 28.8 Å². The average molecular weight is 369 g/mol. The molecule has 2 aromatic rings. The highest BCUT2D eigenvalue weighted by atomic mass is 16.6. The van der Waals surface area contributed by atoms with Crippen molar-refractivity contribution in [2.24, 2.45) is 0 Å². The molecule has 1 aliphatic rings. The summed E-state index contributed by atoms with van der Waals surface area (Å²) in [7, 11) is 1.87. The third kappa shape index (κ3) is 4.83. The Balaban J connectivity index is 1.81. The molecule has 7 nitrogen and oxygen atoms in total. The molecule has 3 rings (SSSR count). The van der Waals surface area contributed by atoms with Crippen molar-refractivity contribution in [2.75, 3.05) is 25.1 Å². The number of nitro groups is 1. The predicted octanol–water partition coefficient (Wildman–Crippen LogP) is 3.14. The van der Waals surface area contributed by atoms with Crippen LogP contribution in [0.2, 0.25) is 0 Å². The van der Waals surface area contributed by atoms with Crippen LogP contribution in [-0.4, -0.2) is 37.1 Å². The summed E-state index contributed by atoms with van der Waals surface area (Å²) in [6.45, 7) is 1.70. The van der Waals surface area contributed by atoms with E-state index in [-0.39, 0.29) is 17.7 Å². The number of hydrogen-bond donors (Lipinski definition) is 1. The van der Waals surface area contributed by atoms with Crippen molar-refractivity contribution >= 4 is 17.3 Å². The predicted molar refractivity (Wildman–Crippen MR) is 103 cm³/mol. The van der Waals surface area contributed by atoms with Crippen LogP contribution in [0.5, 0.6) is 0 Å². The molecule has 2 aromatic carbocycles. The molecule has 0 spiro atoms. The molecular weight excluding hydrogens is 346 g/mol. The van der Waals surface area contributed by atoms with Crippen molar-refractivity contribution in [3.63, 3.8) is 0 Å². The van der Waals surface area contributed by atoms with E-state index in [9.17, 15) is 14.9 Å². The van der Waals surface area contributed by atoms with Gasteiger partial charge in [-0.25, -0.2) is 0 Å². The molecule has 1 aliphatic heterocycles. The standard InChI is InChI=1S/C20H23N3O4/c1-22(14-15-6-3-2-4-7-15)19-10-9-16(23(25)26)12-18(19)20(24)21-13-17-8-5-11-27-17/h2-4,6-7,9-10,12,17H,5,8,11,13-14H2,1H3,(H,21,24). The Morgan fingerprint density at radius 1 is 1.30 bits per heavy atom. The molecule has 27 heavy (non-hydrogen) atoms. The largest absolute Gasteiger partial charge is 0.376 e. The van der Waals surface area contributed by atoms with E-state index in [0.717, 1.165) is 18.4 Å². The van der Waals surface area contributed by atoms with E-state index < -0.39 is 4.92 Å². The van der Waals surface area contributed by atoms with Crippen molar-refractivity contribution in [3.05, 3.63) is 69.8 Å². The molecule has 0 aliphatic carbocycles. The topological polar surface area (TPSA) is 84.7 Å². The molecule has 1 fully saturated rings.